The third-order valence-corrected chi connectivity index (χ3v) is 3.71. The van der Waals surface area contributed by atoms with Crippen LogP contribution >= 0.6 is 0 Å². The number of benzene rings is 2. The van der Waals surface area contributed by atoms with E-state index >= 15 is 0 Å². The first-order valence-electron chi connectivity index (χ1n) is 6.78. The van der Waals surface area contributed by atoms with E-state index in [4.69, 9.17) is 0 Å². The van der Waals surface area contributed by atoms with Crippen LogP contribution in [0.15, 0.2) is 30.3 Å². The SMILES string of the molecule is CC1C(=O)Nc2ccc(NC(=O)c3ccc(F)c(F)c3F)cc21. The van der Waals surface area contributed by atoms with Gasteiger partial charge in [-0.25, -0.2) is 13.2 Å². The molecule has 118 valence electrons. The van der Waals surface area contributed by atoms with Crippen molar-refractivity contribution in [3.8, 4) is 0 Å². The molecule has 2 N–H and O–H groups in total. The first-order chi connectivity index (χ1) is 10.9. The van der Waals surface area contributed by atoms with Gasteiger partial charge < -0.3 is 10.6 Å². The summed E-state index contributed by atoms with van der Waals surface area (Å²) in [5, 5.41) is 5.08. The van der Waals surface area contributed by atoms with Crippen LogP contribution < -0.4 is 10.6 Å². The highest BCUT2D eigenvalue weighted by atomic mass is 19.2. The van der Waals surface area contributed by atoms with Gasteiger partial charge in [-0.1, -0.05) is 0 Å². The Labute approximate surface area is 129 Å². The largest absolute Gasteiger partial charge is 0.325 e. The second kappa shape index (κ2) is 5.42. The molecule has 2 aromatic carbocycles. The van der Waals surface area contributed by atoms with Crippen LogP contribution in [-0.2, 0) is 4.79 Å². The van der Waals surface area contributed by atoms with Gasteiger partial charge in [0.15, 0.2) is 17.5 Å². The fourth-order valence-corrected chi connectivity index (χ4v) is 2.39. The van der Waals surface area contributed by atoms with Crippen LogP contribution in [-0.4, -0.2) is 11.8 Å². The van der Waals surface area contributed by atoms with Crippen molar-refractivity contribution in [1.29, 1.82) is 0 Å². The minimum absolute atomic E-state index is 0.157. The molecule has 0 saturated carbocycles. The molecule has 1 atom stereocenters. The number of hydrogen-bond donors (Lipinski definition) is 2. The fourth-order valence-electron chi connectivity index (χ4n) is 2.39. The second-order valence-electron chi connectivity index (χ2n) is 5.19. The van der Waals surface area contributed by atoms with E-state index in [1.807, 2.05) is 0 Å². The summed E-state index contributed by atoms with van der Waals surface area (Å²) in [4.78, 5) is 23.6. The van der Waals surface area contributed by atoms with Gasteiger partial charge in [-0.3, -0.25) is 9.59 Å². The van der Waals surface area contributed by atoms with Crippen LogP contribution in [0.25, 0.3) is 0 Å². The number of rotatable bonds is 2. The highest BCUT2D eigenvalue weighted by molar-refractivity contribution is 6.06. The molecule has 23 heavy (non-hydrogen) atoms. The molecule has 2 aromatic rings. The number of carbonyl (C=O) groups excluding carboxylic acids is 2. The summed E-state index contributed by atoms with van der Waals surface area (Å²) in [7, 11) is 0. The third-order valence-electron chi connectivity index (χ3n) is 3.71. The summed E-state index contributed by atoms with van der Waals surface area (Å²) in [6.07, 6.45) is 0. The Morgan fingerprint density at radius 3 is 2.61 bits per heavy atom. The molecule has 0 bridgehead atoms. The predicted octanol–water partition coefficient (Wildman–Crippen LogP) is 3.41. The molecular weight excluding hydrogens is 309 g/mol. The van der Waals surface area contributed by atoms with Crippen molar-refractivity contribution in [2.24, 2.45) is 0 Å². The van der Waals surface area contributed by atoms with Crippen LogP contribution in [0.5, 0.6) is 0 Å². The maximum absolute atomic E-state index is 13.6. The Morgan fingerprint density at radius 2 is 1.87 bits per heavy atom. The lowest BCUT2D eigenvalue weighted by molar-refractivity contribution is -0.116. The van der Waals surface area contributed by atoms with E-state index in [2.05, 4.69) is 10.6 Å². The maximum atomic E-state index is 13.6. The molecule has 0 saturated heterocycles. The normalized spacial score (nSPS) is 16.0. The lowest BCUT2D eigenvalue weighted by Crippen LogP contribution is -2.15. The van der Waals surface area contributed by atoms with E-state index < -0.39 is 28.9 Å². The standard InChI is InChI=1S/C16H11F3N2O2/c1-7-10-6-8(2-5-12(10)21-15(7)22)20-16(23)9-3-4-11(17)14(19)13(9)18/h2-7H,1H3,(H,20,23)(H,21,22). The van der Waals surface area contributed by atoms with Gasteiger partial charge in [-0.15, -0.1) is 0 Å². The quantitative estimate of drug-likeness (QED) is 0.833. The lowest BCUT2D eigenvalue weighted by Gasteiger charge is -2.09. The van der Waals surface area contributed by atoms with Crippen molar-refractivity contribution in [3.05, 3.63) is 58.9 Å². The molecular formula is C16H11F3N2O2. The minimum Gasteiger partial charge on any atom is -0.325 e. The van der Waals surface area contributed by atoms with Crippen LogP contribution in [0.2, 0.25) is 0 Å². The molecule has 0 fully saturated rings. The Kier molecular flexibility index (Phi) is 3.55. The number of carbonyl (C=O) groups is 2. The molecule has 1 aliphatic rings. The summed E-state index contributed by atoms with van der Waals surface area (Å²) >= 11 is 0. The van der Waals surface area contributed by atoms with E-state index in [1.54, 1.807) is 19.1 Å². The number of fused-ring (bicyclic) bond motifs is 1. The van der Waals surface area contributed by atoms with Gasteiger partial charge in [0.2, 0.25) is 5.91 Å². The van der Waals surface area contributed by atoms with Gasteiger partial charge in [0.25, 0.3) is 5.91 Å². The summed E-state index contributed by atoms with van der Waals surface area (Å²) in [5.74, 6) is -6.05. The molecule has 0 spiro atoms. The lowest BCUT2D eigenvalue weighted by atomic mass is 10.0. The molecule has 1 heterocycles. The summed E-state index contributed by atoms with van der Waals surface area (Å²) in [6, 6.07) is 6.25. The van der Waals surface area contributed by atoms with E-state index in [0.29, 0.717) is 23.0 Å². The van der Waals surface area contributed by atoms with Crippen molar-refractivity contribution >= 4 is 23.2 Å². The average molecular weight is 320 g/mol. The molecule has 7 heteroatoms. The first kappa shape index (κ1) is 15.1. The predicted molar refractivity (Wildman–Crippen MR) is 77.8 cm³/mol. The maximum Gasteiger partial charge on any atom is 0.258 e. The van der Waals surface area contributed by atoms with Crippen molar-refractivity contribution in [1.82, 2.24) is 0 Å². The van der Waals surface area contributed by atoms with Gasteiger partial charge in [-0.2, -0.15) is 0 Å². The molecule has 1 aliphatic heterocycles. The Hall–Kier alpha value is -2.83. The zero-order chi connectivity index (χ0) is 16.7. The number of amides is 2. The van der Waals surface area contributed by atoms with Crippen molar-refractivity contribution in [2.45, 2.75) is 12.8 Å². The zero-order valence-electron chi connectivity index (χ0n) is 11.9. The van der Waals surface area contributed by atoms with Gasteiger partial charge in [0, 0.05) is 11.4 Å². The molecule has 2 amide bonds. The van der Waals surface area contributed by atoms with E-state index in [0.717, 1.165) is 6.07 Å². The van der Waals surface area contributed by atoms with Gasteiger partial charge in [-0.05, 0) is 42.8 Å². The number of nitrogens with one attached hydrogen (secondary N) is 2. The number of anilines is 2. The minimum atomic E-state index is -1.70. The van der Waals surface area contributed by atoms with Crippen LogP contribution in [0.3, 0.4) is 0 Å². The van der Waals surface area contributed by atoms with E-state index in [9.17, 15) is 22.8 Å². The van der Waals surface area contributed by atoms with Crippen molar-refractivity contribution < 1.29 is 22.8 Å². The highest BCUT2D eigenvalue weighted by Crippen LogP contribution is 2.34. The number of hydrogen-bond acceptors (Lipinski definition) is 2. The van der Waals surface area contributed by atoms with Gasteiger partial charge in [0.05, 0.1) is 11.5 Å². The van der Waals surface area contributed by atoms with Gasteiger partial charge in [0.1, 0.15) is 0 Å². The Balaban J connectivity index is 1.88. The van der Waals surface area contributed by atoms with E-state index in [-0.39, 0.29) is 11.8 Å². The summed E-state index contributed by atoms with van der Waals surface area (Å²) in [5.41, 5.74) is 1.05. The third kappa shape index (κ3) is 2.54. The topological polar surface area (TPSA) is 58.2 Å². The molecule has 0 aromatic heterocycles. The van der Waals surface area contributed by atoms with Crippen LogP contribution in [0, 0.1) is 17.5 Å². The Bertz CT molecular complexity index is 836. The van der Waals surface area contributed by atoms with Gasteiger partial charge >= 0.3 is 0 Å². The monoisotopic (exact) mass is 320 g/mol. The summed E-state index contributed by atoms with van der Waals surface area (Å²) in [6.45, 7) is 1.71. The first-order valence-corrected chi connectivity index (χ1v) is 6.78. The van der Waals surface area contributed by atoms with Crippen LogP contribution in [0.1, 0.15) is 28.8 Å². The van der Waals surface area contributed by atoms with E-state index in [1.165, 1.54) is 6.07 Å². The second-order valence-corrected chi connectivity index (χ2v) is 5.19. The van der Waals surface area contributed by atoms with Crippen LogP contribution in [0.4, 0.5) is 24.5 Å². The average Bonchev–Trinajstić information content (AvgIpc) is 2.80. The molecule has 0 radical (unpaired) electrons. The highest BCUT2D eigenvalue weighted by Gasteiger charge is 2.27. The molecule has 3 rings (SSSR count). The molecule has 1 unspecified atom stereocenters. The number of halogens is 3. The Morgan fingerprint density at radius 1 is 1.13 bits per heavy atom. The fraction of sp³-hybridized carbons (Fsp3) is 0.125. The summed E-state index contributed by atoms with van der Waals surface area (Å²) < 4.78 is 39.7. The molecule has 0 aliphatic carbocycles. The zero-order valence-corrected chi connectivity index (χ0v) is 11.9. The van der Waals surface area contributed by atoms with Crippen molar-refractivity contribution in [3.63, 3.8) is 0 Å². The van der Waals surface area contributed by atoms with Crippen molar-refractivity contribution in [2.75, 3.05) is 10.6 Å². The smallest absolute Gasteiger partial charge is 0.258 e. The molecule has 4 nitrogen and oxygen atoms in total.